The van der Waals surface area contributed by atoms with Crippen LogP contribution in [0.25, 0.3) is 22.6 Å². The number of hydrogen-bond acceptors (Lipinski definition) is 3. The van der Waals surface area contributed by atoms with Crippen molar-refractivity contribution in [3.8, 4) is 11.5 Å². The zero-order valence-electron chi connectivity index (χ0n) is 13.0. The molecule has 0 radical (unpaired) electrons. The molecule has 25 heavy (non-hydrogen) atoms. The zero-order chi connectivity index (χ0) is 17.2. The summed E-state index contributed by atoms with van der Waals surface area (Å²) < 4.78 is 5.81. The Morgan fingerprint density at radius 2 is 1.76 bits per heavy atom. The molecule has 5 heteroatoms. The summed E-state index contributed by atoms with van der Waals surface area (Å²) in [6.07, 6.45) is 1.71. The topological polar surface area (TPSA) is 38.4 Å². The number of hydrogen-bond donors (Lipinski definition) is 0. The van der Waals surface area contributed by atoms with Gasteiger partial charge < -0.3 is 4.42 Å². The maximum atomic E-state index is 6.16. The summed E-state index contributed by atoms with van der Waals surface area (Å²) in [5, 5.41) is 1.16. The van der Waals surface area contributed by atoms with Crippen molar-refractivity contribution in [2.75, 3.05) is 0 Å². The minimum Gasteiger partial charge on any atom is -0.436 e. The number of rotatable bonds is 3. The number of aromatic nitrogens is 1. The molecule has 0 unspecified atom stereocenters. The van der Waals surface area contributed by atoms with Crippen LogP contribution in [0.1, 0.15) is 5.56 Å². The molecule has 3 aromatic carbocycles. The predicted octanol–water partition coefficient (Wildman–Crippen LogP) is 6.55. The van der Waals surface area contributed by atoms with Crippen molar-refractivity contribution in [3.63, 3.8) is 0 Å². The molecule has 3 nitrogen and oxygen atoms in total. The summed E-state index contributed by atoms with van der Waals surface area (Å²) >= 11 is 12.1. The van der Waals surface area contributed by atoms with Gasteiger partial charge in [-0.15, -0.1) is 0 Å². The Bertz CT molecular complexity index is 1070. The highest BCUT2D eigenvalue weighted by atomic mass is 35.5. The fourth-order valence-electron chi connectivity index (χ4n) is 2.45. The number of aliphatic imine (C=N–C) groups is 1. The van der Waals surface area contributed by atoms with E-state index in [1.54, 1.807) is 18.3 Å². The lowest BCUT2D eigenvalue weighted by Gasteiger charge is -1.98. The van der Waals surface area contributed by atoms with Crippen LogP contribution in [0, 0.1) is 0 Å². The molecule has 0 aliphatic heterocycles. The highest BCUT2D eigenvalue weighted by Crippen LogP contribution is 2.27. The van der Waals surface area contributed by atoms with Gasteiger partial charge >= 0.3 is 0 Å². The molecule has 0 atom stereocenters. The Morgan fingerprint density at radius 3 is 2.56 bits per heavy atom. The maximum Gasteiger partial charge on any atom is 0.227 e. The first-order valence-corrected chi connectivity index (χ1v) is 8.40. The molecule has 0 saturated heterocycles. The van der Waals surface area contributed by atoms with E-state index in [0.29, 0.717) is 15.9 Å². The first-order valence-electron chi connectivity index (χ1n) is 7.64. The van der Waals surface area contributed by atoms with Crippen molar-refractivity contribution >= 4 is 46.2 Å². The lowest BCUT2D eigenvalue weighted by atomic mass is 10.2. The lowest BCUT2D eigenvalue weighted by Crippen LogP contribution is -1.82. The van der Waals surface area contributed by atoms with Gasteiger partial charge in [-0.05, 0) is 42.5 Å². The van der Waals surface area contributed by atoms with Crippen molar-refractivity contribution in [3.05, 3.63) is 82.3 Å². The van der Waals surface area contributed by atoms with Crippen molar-refractivity contribution in [1.82, 2.24) is 4.98 Å². The van der Waals surface area contributed by atoms with Crippen LogP contribution in [-0.4, -0.2) is 11.2 Å². The van der Waals surface area contributed by atoms with Crippen molar-refractivity contribution in [1.29, 1.82) is 0 Å². The van der Waals surface area contributed by atoms with E-state index in [1.165, 1.54) is 0 Å². The highest BCUT2D eigenvalue weighted by molar-refractivity contribution is 6.36. The smallest absolute Gasteiger partial charge is 0.227 e. The standard InChI is InChI=1S/C20H12Cl2N2O/c21-15-7-6-14(17(22)10-15)12-23-16-8-9-19-18(11-16)24-20(25-19)13-4-2-1-3-5-13/h1-12H. The Labute approximate surface area is 154 Å². The summed E-state index contributed by atoms with van der Waals surface area (Å²) in [6.45, 7) is 0. The number of nitrogens with zero attached hydrogens (tertiary/aromatic N) is 2. The summed E-state index contributed by atoms with van der Waals surface area (Å²) in [4.78, 5) is 9.01. The van der Waals surface area contributed by atoms with E-state index in [0.717, 1.165) is 27.9 Å². The van der Waals surface area contributed by atoms with Crippen LogP contribution in [0.4, 0.5) is 5.69 Å². The number of benzene rings is 3. The molecule has 0 bridgehead atoms. The van der Waals surface area contributed by atoms with E-state index in [4.69, 9.17) is 27.6 Å². The van der Waals surface area contributed by atoms with Crippen LogP contribution in [0.5, 0.6) is 0 Å². The van der Waals surface area contributed by atoms with Crippen molar-refractivity contribution < 1.29 is 4.42 Å². The van der Waals surface area contributed by atoms with Gasteiger partial charge in [0.25, 0.3) is 0 Å². The van der Waals surface area contributed by atoms with Crippen LogP contribution in [0.2, 0.25) is 10.0 Å². The van der Waals surface area contributed by atoms with Gasteiger partial charge in [0, 0.05) is 22.4 Å². The number of oxazole rings is 1. The van der Waals surface area contributed by atoms with Crippen molar-refractivity contribution in [2.45, 2.75) is 0 Å². The third-order valence-corrected chi connectivity index (χ3v) is 4.27. The van der Waals surface area contributed by atoms with Crippen LogP contribution in [0.3, 0.4) is 0 Å². The van der Waals surface area contributed by atoms with Gasteiger partial charge in [-0.25, -0.2) is 4.98 Å². The summed E-state index contributed by atoms with van der Waals surface area (Å²) in [7, 11) is 0. The number of fused-ring (bicyclic) bond motifs is 1. The zero-order valence-corrected chi connectivity index (χ0v) is 14.5. The minimum absolute atomic E-state index is 0.560. The van der Waals surface area contributed by atoms with Crippen LogP contribution in [-0.2, 0) is 0 Å². The SMILES string of the molecule is Clc1ccc(C=Nc2ccc3oc(-c4ccccc4)nc3c2)c(Cl)c1. The quantitative estimate of drug-likeness (QED) is 0.385. The Kier molecular flexibility index (Phi) is 4.26. The molecule has 0 amide bonds. The van der Waals surface area contributed by atoms with Gasteiger partial charge in [0.2, 0.25) is 5.89 Å². The normalized spacial score (nSPS) is 11.4. The fraction of sp³-hybridized carbons (Fsp3) is 0. The van der Waals surface area contributed by atoms with E-state index >= 15 is 0 Å². The first-order chi connectivity index (χ1) is 12.2. The average Bonchev–Trinajstić information content (AvgIpc) is 3.05. The predicted molar refractivity (Wildman–Crippen MR) is 103 cm³/mol. The van der Waals surface area contributed by atoms with Gasteiger partial charge in [0.1, 0.15) is 5.52 Å². The van der Waals surface area contributed by atoms with E-state index in [9.17, 15) is 0 Å². The molecule has 0 aliphatic rings. The second-order valence-electron chi connectivity index (χ2n) is 5.46. The molecule has 1 heterocycles. The molecule has 0 fully saturated rings. The molecule has 4 aromatic rings. The van der Waals surface area contributed by atoms with Crippen molar-refractivity contribution in [2.24, 2.45) is 4.99 Å². The van der Waals surface area contributed by atoms with Gasteiger partial charge in [0.15, 0.2) is 5.58 Å². The second kappa shape index (κ2) is 6.71. The summed E-state index contributed by atoms with van der Waals surface area (Å²) in [6, 6.07) is 20.7. The Balaban J connectivity index is 1.66. The molecule has 0 spiro atoms. The third kappa shape index (κ3) is 3.43. The average molecular weight is 367 g/mol. The summed E-state index contributed by atoms with van der Waals surface area (Å²) in [5.41, 5.74) is 4.00. The molecule has 0 saturated carbocycles. The van der Waals surface area contributed by atoms with Crippen LogP contribution < -0.4 is 0 Å². The van der Waals surface area contributed by atoms with E-state index in [1.807, 2.05) is 54.6 Å². The van der Waals surface area contributed by atoms with Gasteiger partial charge in [-0.3, -0.25) is 4.99 Å². The number of halogens is 2. The first kappa shape index (κ1) is 15.9. The van der Waals surface area contributed by atoms with E-state index in [-0.39, 0.29) is 0 Å². The Morgan fingerprint density at radius 1 is 0.920 bits per heavy atom. The molecule has 0 aliphatic carbocycles. The second-order valence-corrected chi connectivity index (χ2v) is 6.30. The molecular formula is C20H12Cl2N2O. The maximum absolute atomic E-state index is 6.16. The van der Waals surface area contributed by atoms with E-state index in [2.05, 4.69) is 9.98 Å². The van der Waals surface area contributed by atoms with E-state index < -0.39 is 0 Å². The molecule has 4 rings (SSSR count). The van der Waals surface area contributed by atoms with Gasteiger partial charge in [-0.2, -0.15) is 0 Å². The molecule has 122 valence electrons. The van der Waals surface area contributed by atoms with Crippen LogP contribution >= 0.6 is 23.2 Å². The lowest BCUT2D eigenvalue weighted by molar-refractivity contribution is 0.620. The fourth-order valence-corrected chi connectivity index (χ4v) is 2.91. The minimum atomic E-state index is 0.560. The molecular weight excluding hydrogens is 355 g/mol. The highest BCUT2D eigenvalue weighted by Gasteiger charge is 2.08. The summed E-state index contributed by atoms with van der Waals surface area (Å²) in [5.74, 6) is 0.595. The molecule has 1 aromatic heterocycles. The van der Waals surface area contributed by atoms with Gasteiger partial charge in [0.05, 0.1) is 10.7 Å². The van der Waals surface area contributed by atoms with Gasteiger partial charge in [-0.1, -0.05) is 47.5 Å². The largest absolute Gasteiger partial charge is 0.436 e. The molecule has 0 N–H and O–H groups in total. The Hall–Kier alpha value is -2.62. The monoisotopic (exact) mass is 366 g/mol. The third-order valence-electron chi connectivity index (χ3n) is 3.71. The van der Waals surface area contributed by atoms with Crippen LogP contribution in [0.15, 0.2) is 76.1 Å².